The molecule has 0 radical (unpaired) electrons. The van der Waals surface area contributed by atoms with E-state index in [2.05, 4.69) is 16.7 Å². The smallest absolute Gasteiger partial charge is 0.411 e. The highest BCUT2D eigenvalue weighted by atomic mass is 16.5. The van der Waals surface area contributed by atoms with Gasteiger partial charge in [0.15, 0.2) is 0 Å². The van der Waals surface area contributed by atoms with Gasteiger partial charge in [-0.25, -0.2) is 4.79 Å². The number of carbonyl (C=O) groups excluding carboxylic acids is 1. The van der Waals surface area contributed by atoms with Crippen molar-refractivity contribution in [3.8, 4) is 0 Å². The van der Waals surface area contributed by atoms with E-state index in [1.54, 1.807) is 0 Å². The molecule has 1 heterocycles. The average Bonchev–Trinajstić information content (AvgIpc) is 2.72. The number of anilines is 1. The van der Waals surface area contributed by atoms with Crippen LogP contribution >= 0.6 is 0 Å². The maximum absolute atomic E-state index is 12.1. The summed E-state index contributed by atoms with van der Waals surface area (Å²) in [6.45, 7) is 2.62. The second-order valence-corrected chi connectivity index (χ2v) is 7.28. The number of amides is 1. The number of hydrogen-bond acceptors (Lipinski definition) is 3. The molecule has 2 aromatic rings. The minimum Gasteiger partial charge on any atom is -0.444 e. The van der Waals surface area contributed by atoms with Crippen LogP contribution in [0.25, 0.3) is 0 Å². The third-order valence-corrected chi connectivity index (χ3v) is 5.23. The summed E-state index contributed by atoms with van der Waals surface area (Å²) in [6, 6.07) is 17.8. The zero-order valence-corrected chi connectivity index (χ0v) is 16.0. The quantitative estimate of drug-likeness (QED) is 0.635. The van der Waals surface area contributed by atoms with E-state index in [4.69, 9.17) is 4.74 Å². The first-order valence-corrected chi connectivity index (χ1v) is 10.1. The van der Waals surface area contributed by atoms with Crippen LogP contribution in [-0.4, -0.2) is 19.2 Å². The van der Waals surface area contributed by atoms with Gasteiger partial charge in [-0.1, -0.05) is 61.4 Å². The largest absolute Gasteiger partial charge is 0.444 e. The number of nitrogens with one attached hydrogen (secondary N) is 2. The van der Waals surface area contributed by atoms with Gasteiger partial charge in [0.2, 0.25) is 0 Å². The van der Waals surface area contributed by atoms with Crippen molar-refractivity contribution < 1.29 is 9.53 Å². The van der Waals surface area contributed by atoms with E-state index in [0.717, 1.165) is 30.0 Å². The van der Waals surface area contributed by atoms with Gasteiger partial charge >= 0.3 is 6.09 Å². The van der Waals surface area contributed by atoms with Gasteiger partial charge < -0.3 is 10.1 Å². The molecule has 0 aliphatic carbocycles. The maximum atomic E-state index is 12.1. The maximum Gasteiger partial charge on any atom is 0.411 e. The Hall–Kier alpha value is -2.33. The zero-order valence-electron chi connectivity index (χ0n) is 16.0. The van der Waals surface area contributed by atoms with Crippen LogP contribution in [0.3, 0.4) is 0 Å². The molecule has 27 heavy (non-hydrogen) atoms. The van der Waals surface area contributed by atoms with E-state index in [1.807, 2.05) is 48.5 Å². The molecular weight excluding hydrogens is 336 g/mol. The molecule has 0 atom stereocenters. The van der Waals surface area contributed by atoms with Gasteiger partial charge in [-0.2, -0.15) is 0 Å². The molecule has 2 N–H and O–H groups in total. The molecule has 1 amide bonds. The summed E-state index contributed by atoms with van der Waals surface area (Å²) in [7, 11) is 0. The van der Waals surface area contributed by atoms with E-state index in [1.165, 1.54) is 44.3 Å². The van der Waals surface area contributed by atoms with Crippen molar-refractivity contribution in [2.75, 3.05) is 18.4 Å². The van der Waals surface area contributed by atoms with Crippen LogP contribution in [0.4, 0.5) is 10.5 Å². The van der Waals surface area contributed by atoms with Crippen LogP contribution in [0.2, 0.25) is 0 Å². The van der Waals surface area contributed by atoms with Gasteiger partial charge in [0.1, 0.15) is 6.61 Å². The second kappa shape index (κ2) is 10.7. The lowest BCUT2D eigenvalue weighted by Crippen LogP contribution is -2.27. The molecule has 144 valence electrons. The van der Waals surface area contributed by atoms with Gasteiger partial charge in [0, 0.05) is 5.69 Å². The number of ether oxygens (including phenoxy) is 1. The number of unbranched alkanes of at least 4 members (excludes halogenated alkanes) is 1. The monoisotopic (exact) mass is 366 g/mol. The topological polar surface area (TPSA) is 50.4 Å². The molecule has 0 spiro atoms. The van der Waals surface area contributed by atoms with Crippen molar-refractivity contribution in [1.82, 2.24) is 5.32 Å². The van der Waals surface area contributed by atoms with E-state index >= 15 is 0 Å². The standard InChI is InChI=1S/C23H30N2O2/c26-23(27-18-20-9-2-1-3-10-20)25-22-13-7-6-12-21(22)11-5-4-8-19-14-16-24-17-15-19/h1-3,6-7,9-10,12-13,19,24H,4-5,8,11,14-18H2,(H,25,26). The number of aryl methyl sites for hydroxylation is 1. The van der Waals surface area contributed by atoms with Crippen LogP contribution in [0.1, 0.15) is 43.2 Å². The SMILES string of the molecule is O=C(Nc1ccccc1CCCCC1CCNCC1)OCc1ccccc1. The summed E-state index contributed by atoms with van der Waals surface area (Å²) in [6.07, 6.45) is 6.92. The zero-order chi connectivity index (χ0) is 18.7. The first kappa shape index (κ1) is 19.4. The molecule has 0 bridgehead atoms. The number of para-hydroxylation sites is 1. The summed E-state index contributed by atoms with van der Waals surface area (Å²) >= 11 is 0. The summed E-state index contributed by atoms with van der Waals surface area (Å²) < 4.78 is 5.34. The highest BCUT2D eigenvalue weighted by Crippen LogP contribution is 2.22. The van der Waals surface area contributed by atoms with Crippen LogP contribution < -0.4 is 10.6 Å². The Bertz CT molecular complexity index is 697. The molecule has 0 aromatic heterocycles. The Morgan fingerprint density at radius 2 is 1.74 bits per heavy atom. The van der Waals surface area contributed by atoms with Gasteiger partial charge in [-0.05, 0) is 61.9 Å². The molecule has 1 fully saturated rings. The highest BCUT2D eigenvalue weighted by molar-refractivity contribution is 5.85. The first-order chi connectivity index (χ1) is 13.3. The minimum atomic E-state index is -0.402. The summed E-state index contributed by atoms with van der Waals surface area (Å²) in [5.74, 6) is 0.882. The Labute approximate surface area is 162 Å². The van der Waals surface area contributed by atoms with Crippen molar-refractivity contribution in [3.05, 3.63) is 65.7 Å². The van der Waals surface area contributed by atoms with E-state index in [9.17, 15) is 4.79 Å². The van der Waals surface area contributed by atoms with Crippen LogP contribution in [0, 0.1) is 5.92 Å². The molecule has 1 saturated heterocycles. The molecule has 0 unspecified atom stereocenters. The third kappa shape index (κ3) is 6.72. The lowest BCUT2D eigenvalue weighted by molar-refractivity contribution is 0.155. The lowest BCUT2D eigenvalue weighted by Gasteiger charge is -2.22. The van der Waals surface area contributed by atoms with Crippen LogP contribution in [0.15, 0.2) is 54.6 Å². The number of carbonyl (C=O) groups is 1. The van der Waals surface area contributed by atoms with Crippen molar-refractivity contribution >= 4 is 11.8 Å². The molecule has 2 aromatic carbocycles. The fourth-order valence-electron chi connectivity index (χ4n) is 3.65. The molecule has 1 aliphatic rings. The summed E-state index contributed by atoms with van der Waals surface area (Å²) in [5.41, 5.74) is 3.02. The van der Waals surface area contributed by atoms with Crippen molar-refractivity contribution in [1.29, 1.82) is 0 Å². The van der Waals surface area contributed by atoms with Gasteiger partial charge in [0.05, 0.1) is 0 Å². The number of benzene rings is 2. The Morgan fingerprint density at radius 1 is 1.00 bits per heavy atom. The molecular formula is C23H30N2O2. The lowest BCUT2D eigenvalue weighted by atomic mass is 9.91. The summed E-state index contributed by atoms with van der Waals surface area (Å²) in [5, 5.41) is 6.33. The third-order valence-electron chi connectivity index (χ3n) is 5.23. The predicted octanol–water partition coefficient (Wildman–Crippen LogP) is 5.15. The Balaban J connectivity index is 1.43. The average molecular weight is 367 g/mol. The molecule has 0 saturated carbocycles. The fraction of sp³-hybridized carbons (Fsp3) is 0.435. The van der Waals surface area contributed by atoms with Crippen LogP contribution in [-0.2, 0) is 17.8 Å². The van der Waals surface area contributed by atoms with Crippen molar-refractivity contribution in [2.24, 2.45) is 5.92 Å². The minimum absolute atomic E-state index is 0.283. The van der Waals surface area contributed by atoms with E-state index in [0.29, 0.717) is 0 Å². The predicted molar refractivity (Wildman–Crippen MR) is 110 cm³/mol. The van der Waals surface area contributed by atoms with Crippen LogP contribution in [0.5, 0.6) is 0 Å². The van der Waals surface area contributed by atoms with Crippen molar-refractivity contribution in [2.45, 2.75) is 45.1 Å². The Kier molecular flexibility index (Phi) is 7.72. The number of piperidine rings is 1. The second-order valence-electron chi connectivity index (χ2n) is 7.28. The van der Waals surface area contributed by atoms with Gasteiger partial charge in [0.25, 0.3) is 0 Å². The molecule has 4 heteroatoms. The van der Waals surface area contributed by atoms with Crippen molar-refractivity contribution in [3.63, 3.8) is 0 Å². The first-order valence-electron chi connectivity index (χ1n) is 10.1. The fourth-order valence-corrected chi connectivity index (χ4v) is 3.65. The molecule has 1 aliphatic heterocycles. The number of rotatable bonds is 8. The molecule has 4 nitrogen and oxygen atoms in total. The number of hydrogen-bond donors (Lipinski definition) is 2. The normalized spacial score (nSPS) is 14.7. The molecule has 3 rings (SSSR count). The van der Waals surface area contributed by atoms with E-state index < -0.39 is 6.09 Å². The highest BCUT2D eigenvalue weighted by Gasteiger charge is 2.12. The summed E-state index contributed by atoms with van der Waals surface area (Å²) in [4.78, 5) is 12.1. The van der Waals surface area contributed by atoms with E-state index in [-0.39, 0.29) is 6.61 Å². The van der Waals surface area contributed by atoms with Gasteiger partial charge in [-0.15, -0.1) is 0 Å². The Morgan fingerprint density at radius 3 is 2.56 bits per heavy atom. The van der Waals surface area contributed by atoms with Gasteiger partial charge in [-0.3, -0.25) is 5.32 Å².